The van der Waals surface area contributed by atoms with E-state index in [9.17, 15) is 0 Å². The van der Waals surface area contributed by atoms with Gasteiger partial charge in [-0.25, -0.2) is 5.32 Å². The Morgan fingerprint density at radius 3 is 2.33 bits per heavy atom. The van der Waals surface area contributed by atoms with Gasteiger partial charge in [-0.15, -0.1) is 0 Å². The summed E-state index contributed by atoms with van der Waals surface area (Å²) in [6.07, 6.45) is 0. The first-order valence-electron chi connectivity index (χ1n) is 2.27. The Morgan fingerprint density at radius 2 is 2.33 bits per heavy atom. The highest BCUT2D eigenvalue weighted by molar-refractivity contribution is 4.73. The summed E-state index contributed by atoms with van der Waals surface area (Å²) in [5, 5.41) is 3.99. The number of nitrogens with two attached hydrogens (primary N) is 1. The lowest BCUT2D eigenvalue weighted by Crippen LogP contribution is -2.40. The zero-order valence-corrected chi connectivity index (χ0v) is 3.72. The molecule has 2 heteroatoms. The fourth-order valence-corrected chi connectivity index (χ4v) is 0.461. The van der Waals surface area contributed by atoms with Crippen molar-refractivity contribution >= 4 is 0 Å². The molecule has 0 unspecified atom stereocenters. The quantitative estimate of drug-likeness (QED) is 0.444. The van der Waals surface area contributed by atoms with Gasteiger partial charge in [-0.1, -0.05) is 0 Å². The zero-order valence-electron chi connectivity index (χ0n) is 3.72. The Bertz CT molecular complexity index is 38.1. The third-order valence-electron chi connectivity index (χ3n) is 1.11. The van der Waals surface area contributed by atoms with Crippen molar-refractivity contribution in [1.82, 2.24) is 5.32 Å². The Morgan fingerprint density at radius 1 is 1.67 bits per heavy atom. The van der Waals surface area contributed by atoms with Crippen LogP contribution in [0.15, 0.2) is 0 Å². The molecule has 2 nitrogen and oxygen atoms in total. The molecule has 1 aliphatic rings. The van der Waals surface area contributed by atoms with Gasteiger partial charge in [-0.05, 0) is 12.5 Å². The van der Waals surface area contributed by atoms with Crippen LogP contribution in [0.2, 0.25) is 0 Å². The maximum atomic E-state index is 5.27. The third kappa shape index (κ3) is 0.533. The summed E-state index contributed by atoms with van der Waals surface area (Å²) in [6.45, 7) is 2.84. The van der Waals surface area contributed by atoms with E-state index < -0.39 is 0 Å². The van der Waals surface area contributed by atoms with E-state index in [1.54, 1.807) is 0 Å². The topological polar surface area (TPSA) is 40.1 Å². The van der Waals surface area contributed by atoms with Crippen LogP contribution in [-0.4, -0.2) is 19.6 Å². The summed E-state index contributed by atoms with van der Waals surface area (Å²) in [4.78, 5) is 0. The van der Waals surface area contributed by atoms with Gasteiger partial charge in [0.05, 0.1) is 0 Å². The Kier molecular flexibility index (Phi) is 1.08. The third-order valence-corrected chi connectivity index (χ3v) is 1.11. The lowest BCUT2D eigenvalue weighted by atomic mass is 10.1. The molecule has 6 heavy (non-hydrogen) atoms. The van der Waals surface area contributed by atoms with Crippen LogP contribution >= 0.6 is 0 Å². The van der Waals surface area contributed by atoms with Crippen molar-refractivity contribution in [2.24, 2.45) is 11.7 Å². The standard InChI is InChI=1S/C4H9N2/c5-1-4-2-6-3-4/h4H,1-3,5H2. The SMILES string of the molecule is NCC1C[N]C1. The zero-order chi connectivity index (χ0) is 4.41. The molecule has 0 aromatic rings. The second-order valence-corrected chi connectivity index (χ2v) is 1.69. The normalized spacial score (nSPS) is 23.5. The van der Waals surface area contributed by atoms with Gasteiger partial charge < -0.3 is 5.73 Å². The van der Waals surface area contributed by atoms with Gasteiger partial charge >= 0.3 is 0 Å². The van der Waals surface area contributed by atoms with E-state index in [1.165, 1.54) is 0 Å². The van der Waals surface area contributed by atoms with E-state index in [0.717, 1.165) is 25.6 Å². The summed E-state index contributed by atoms with van der Waals surface area (Å²) in [5.74, 6) is 0.727. The van der Waals surface area contributed by atoms with Gasteiger partial charge in [-0.3, -0.25) is 0 Å². The molecule has 1 fully saturated rings. The highest BCUT2D eigenvalue weighted by Crippen LogP contribution is 1.99. The van der Waals surface area contributed by atoms with Crippen LogP contribution in [0.4, 0.5) is 0 Å². The molecule has 1 saturated heterocycles. The van der Waals surface area contributed by atoms with Crippen LogP contribution in [-0.2, 0) is 0 Å². The molecule has 1 rings (SSSR count). The molecule has 0 amide bonds. The summed E-state index contributed by atoms with van der Waals surface area (Å²) in [6, 6.07) is 0. The van der Waals surface area contributed by atoms with Crippen molar-refractivity contribution in [1.29, 1.82) is 0 Å². The number of rotatable bonds is 1. The largest absolute Gasteiger partial charge is 0.330 e. The molecule has 0 aromatic carbocycles. The van der Waals surface area contributed by atoms with E-state index in [0.29, 0.717) is 0 Å². The average molecular weight is 85.1 g/mol. The monoisotopic (exact) mass is 85.1 g/mol. The maximum Gasteiger partial charge on any atom is 0.0186 e. The Balaban J connectivity index is 2.01. The first-order chi connectivity index (χ1) is 2.93. The van der Waals surface area contributed by atoms with Gasteiger partial charge in [0.2, 0.25) is 0 Å². The highest BCUT2D eigenvalue weighted by Gasteiger charge is 2.14. The van der Waals surface area contributed by atoms with Crippen molar-refractivity contribution in [3.05, 3.63) is 0 Å². The van der Waals surface area contributed by atoms with Crippen LogP contribution < -0.4 is 11.1 Å². The van der Waals surface area contributed by atoms with E-state index in [1.807, 2.05) is 0 Å². The summed E-state index contributed by atoms with van der Waals surface area (Å²) >= 11 is 0. The first kappa shape index (κ1) is 4.09. The molecule has 0 saturated carbocycles. The Hall–Kier alpha value is -0.0800. The molecule has 1 radical (unpaired) electrons. The molecule has 0 spiro atoms. The predicted octanol–water partition coefficient (Wildman–Crippen LogP) is -0.821. The average Bonchev–Trinajstić information content (AvgIpc) is 1.31. The van der Waals surface area contributed by atoms with Crippen molar-refractivity contribution in [3.8, 4) is 0 Å². The van der Waals surface area contributed by atoms with Crippen LogP contribution in [0.25, 0.3) is 0 Å². The van der Waals surface area contributed by atoms with E-state index in [4.69, 9.17) is 5.73 Å². The minimum absolute atomic E-state index is 0.727. The van der Waals surface area contributed by atoms with Gasteiger partial charge in [0.15, 0.2) is 0 Å². The van der Waals surface area contributed by atoms with E-state index >= 15 is 0 Å². The molecule has 0 aromatic heterocycles. The molecule has 0 bridgehead atoms. The Labute approximate surface area is 37.7 Å². The van der Waals surface area contributed by atoms with Crippen molar-refractivity contribution in [2.75, 3.05) is 19.6 Å². The molecule has 1 heterocycles. The lowest BCUT2D eigenvalue weighted by Gasteiger charge is -2.22. The van der Waals surface area contributed by atoms with E-state index in [2.05, 4.69) is 5.32 Å². The second-order valence-electron chi connectivity index (χ2n) is 1.69. The molecule has 0 aliphatic carbocycles. The van der Waals surface area contributed by atoms with Crippen molar-refractivity contribution in [3.63, 3.8) is 0 Å². The smallest absolute Gasteiger partial charge is 0.0186 e. The predicted molar refractivity (Wildman–Crippen MR) is 24.4 cm³/mol. The second kappa shape index (κ2) is 1.58. The van der Waals surface area contributed by atoms with Crippen LogP contribution in [0.5, 0.6) is 0 Å². The van der Waals surface area contributed by atoms with Crippen LogP contribution in [0.3, 0.4) is 0 Å². The summed E-state index contributed by atoms with van der Waals surface area (Å²) in [5.41, 5.74) is 5.27. The molecular formula is C4H9N2. The van der Waals surface area contributed by atoms with Gasteiger partial charge in [0, 0.05) is 13.1 Å². The fourth-order valence-electron chi connectivity index (χ4n) is 0.461. The van der Waals surface area contributed by atoms with Crippen LogP contribution in [0, 0.1) is 5.92 Å². The van der Waals surface area contributed by atoms with Gasteiger partial charge in [0.1, 0.15) is 0 Å². The van der Waals surface area contributed by atoms with Crippen LogP contribution in [0.1, 0.15) is 0 Å². The minimum Gasteiger partial charge on any atom is -0.330 e. The number of nitrogens with zero attached hydrogens (tertiary/aromatic N) is 1. The highest BCUT2D eigenvalue weighted by atomic mass is 15.0. The lowest BCUT2D eigenvalue weighted by molar-refractivity contribution is 0.348. The van der Waals surface area contributed by atoms with E-state index in [-0.39, 0.29) is 0 Å². The minimum atomic E-state index is 0.727. The van der Waals surface area contributed by atoms with Gasteiger partial charge in [-0.2, -0.15) is 0 Å². The molecule has 1 aliphatic heterocycles. The summed E-state index contributed by atoms with van der Waals surface area (Å²) < 4.78 is 0. The maximum absolute atomic E-state index is 5.27. The molecule has 2 N–H and O–H groups in total. The van der Waals surface area contributed by atoms with Crippen molar-refractivity contribution in [2.45, 2.75) is 0 Å². The van der Waals surface area contributed by atoms with Gasteiger partial charge in [0.25, 0.3) is 0 Å². The number of hydrogen-bond acceptors (Lipinski definition) is 1. The van der Waals surface area contributed by atoms with Crippen molar-refractivity contribution < 1.29 is 0 Å². The summed E-state index contributed by atoms with van der Waals surface area (Å²) in [7, 11) is 0. The first-order valence-corrected chi connectivity index (χ1v) is 2.27. The molecule has 0 atom stereocenters. The molecule has 35 valence electrons. The number of hydrogen-bond donors (Lipinski definition) is 1. The fraction of sp³-hybridized carbons (Fsp3) is 1.00. The molecular weight excluding hydrogens is 76.1 g/mol.